The standard InChI is InChI=1S/C17H16BrNO/c18-12-11-17(15-9-5-2-6-10-15)13-19-16(20-17)14-7-3-1-4-8-14/h1-10H,11-13H2. The van der Waals surface area contributed by atoms with Crippen LogP contribution in [0.2, 0.25) is 0 Å². The van der Waals surface area contributed by atoms with Gasteiger partial charge >= 0.3 is 0 Å². The maximum atomic E-state index is 6.28. The summed E-state index contributed by atoms with van der Waals surface area (Å²) in [7, 11) is 0. The average molecular weight is 330 g/mol. The van der Waals surface area contributed by atoms with E-state index in [1.165, 1.54) is 5.56 Å². The number of aliphatic imine (C=N–C) groups is 1. The van der Waals surface area contributed by atoms with E-state index in [4.69, 9.17) is 4.74 Å². The first-order chi connectivity index (χ1) is 9.84. The zero-order valence-corrected chi connectivity index (χ0v) is 12.7. The molecule has 1 unspecified atom stereocenters. The number of ether oxygens (including phenoxy) is 1. The van der Waals surface area contributed by atoms with Crippen molar-refractivity contribution in [3.63, 3.8) is 0 Å². The number of halogens is 1. The largest absolute Gasteiger partial charge is 0.464 e. The maximum absolute atomic E-state index is 6.28. The first-order valence-electron chi connectivity index (χ1n) is 6.74. The molecule has 1 aliphatic heterocycles. The number of hydrogen-bond donors (Lipinski definition) is 0. The van der Waals surface area contributed by atoms with Crippen molar-refractivity contribution in [1.82, 2.24) is 0 Å². The number of alkyl halides is 1. The van der Waals surface area contributed by atoms with Gasteiger partial charge in [-0.3, -0.25) is 0 Å². The van der Waals surface area contributed by atoms with Crippen molar-refractivity contribution in [3.05, 3.63) is 71.8 Å². The second-order valence-corrected chi connectivity index (χ2v) is 5.68. The Bertz CT molecular complexity index is 597. The summed E-state index contributed by atoms with van der Waals surface area (Å²) in [5.41, 5.74) is 1.89. The van der Waals surface area contributed by atoms with Gasteiger partial charge in [-0.2, -0.15) is 0 Å². The lowest BCUT2D eigenvalue weighted by molar-refractivity contribution is 0.0835. The molecule has 2 nitrogen and oxygen atoms in total. The monoisotopic (exact) mass is 329 g/mol. The highest BCUT2D eigenvalue weighted by atomic mass is 79.9. The van der Waals surface area contributed by atoms with E-state index in [1.807, 2.05) is 36.4 Å². The molecule has 0 bridgehead atoms. The Labute approximate surface area is 127 Å². The van der Waals surface area contributed by atoms with E-state index >= 15 is 0 Å². The van der Waals surface area contributed by atoms with Crippen LogP contribution in [0.3, 0.4) is 0 Å². The number of nitrogens with zero attached hydrogens (tertiary/aromatic N) is 1. The summed E-state index contributed by atoms with van der Waals surface area (Å²) in [4.78, 5) is 4.63. The summed E-state index contributed by atoms with van der Waals surface area (Å²) in [6.45, 7) is 0.673. The van der Waals surface area contributed by atoms with Gasteiger partial charge in [0.1, 0.15) is 0 Å². The minimum atomic E-state index is -0.337. The molecule has 2 aromatic rings. The summed E-state index contributed by atoms with van der Waals surface area (Å²) in [5, 5.41) is 0.888. The van der Waals surface area contributed by atoms with Crippen LogP contribution in [0.15, 0.2) is 65.7 Å². The van der Waals surface area contributed by atoms with E-state index in [1.54, 1.807) is 0 Å². The highest BCUT2D eigenvalue weighted by Gasteiger charge is 2.39. The van der Waals surface area contributed by atoms with Gasteiger partial charge in [0.05, 0.1) is 6.54 Å². The molecule has 0 radical (unpaired) electrons. The molecule has 0 amide bonds. The lowest BCUT2D eigenvalue weighted by Crippen LogP contribution is -2.31. The summed E-state index contributed by atoms with van der Waals surface area (Å²) in [6, 6.07) is 20.5. The van der Waals surface area contributed by atoms with E-state index < -0.39 is 0 Å². The molecule has 0 fully saturated rings. The zero-order chi connectivity index (χ0) is 13.8. The number of benzene rings is 2. The summed E-state index contributed by atoms with van der Waals surface area (Å²) in [6.07, 6.45) is 0.900. The molecule has 1 atom stereocenters. The van der Waals surface area contributed by atoms with Gasteiger partial charge in [-0.25, -0.2) is 4.99 Å². The quantitative estimate of drug-likeness (QED) is 0.772. The predicted molar refractivity (Wildman–Crippen MR) is 85.5 cm³/mol. The molecule has 1 aliphatic rings. The molecule has 3 heteroatoms. The second-order valence-electron chi connectivity index (χ2n) is 4.89. The third-order valence-corrected chi connectivity index (χ3v) is 3.99. The van der Waals surface area contributed by atoms with E-state index in [-0.39, 0.29) is 5.60 Å². The van der Waals surface area contributed by atoms with Crippen molar-refractivity contribution < 1.29 is 4.74 Å². The fourth-order valence-corrected chi connectivity index (χ4v) is 3.14. The van der Waals surface area contributed by atoms with E-state index in [9.17, 15) is 0 Å². The molecule has 102 valence electrons. The van der Waals surface area contributed by atoms with Gasteiger partial charge in [0.25, 0.3) is 0 Å². The minimum Gasteiger partial charge on any atom is -0.464 e. The van der Waals surface area contributed by atoms with E-state index in [0.717, 1.165) is 23.2 Å². The van der Waals surface area contributed by atoms with Crippen molar-refractivity contribution >= 4 is 21.8 Å². The van der Waals surface area contributed by atoms with Crippen LogP contribution in [0.5, 0.6) is 0 Å². The van der Waals surface area contributed by atoms with Gasteiger partial charge in [-0.05, 0) is 17.7 Å². The Morgan fingerprint density at radius 3 is 2.30 bits per heavy atom. The van der Waals surface area contributed by atoms with Crippen molar-refractivity contribution in [1.29, 1.82) is 0 Å². The van der Waals surface area contributed by atoms with Gasteiger partial charge in [0.15, 0.2) is 5.60 Å². The second kappa shape index (κ2) is 5.80. The van der Waals surface area contributed by atoms with Crippen LogP contribution in [0.1, 0.15) is 17.5 Å². The average Bonchev–Trinajstić information content (AvgIpc) is 2.95. The smallest absolute Gasteiger partial charge is 0.217 e. The first kappa shape index (κ1) is 13.4. The number of rotatable bonds is 4. The number of hydrogen-bond acceptors (Lipinski definition) is 2. The van der Waals surface area contributed by atoms with Gasteiger partial charge in [-0.1, -0.05) is 64.5 Å². The highest BCUT2D eigenvalue weighted by molar-refractivity contribution is 9.09. The summed E-state index contributed by atoms with van der Waals surface area (Å²) < 4.78 is 6.28. The van der Waals surface area contributed by atoms with Crippen molar-refractivity contribution in [2.24, 2.45) is 4.99 Å². The van der Waals surface area contributed by atoms with E-state index in [0.29, 0.717) is 6.54 Å². The molecule has 0 spiro atoms. The van der Waals surface area contributed by atoms with Crippen LogP contribution < -0.4 is 0 Å². The van der Waals surface area contributed by atoms with Crippen LogP contribution in [-0.4, -0.2) is 17.8 Å². The molecule has 1 heterocycles. The predicted octanol–water partition coefficient (Wildman–Crippen LogP) is 4.14. The Balaban J connectivity index is 1.90. The summed E-state index contributed by atoms with van der Waals surface area (Å²) in [5.74, 6) is 0.746. The van der Waals surface area contributed by atoms with Gasteiger partial charge in [0.2, 0.25) is 5.90 Å². The van der Waals surface area contributed by atoms with Crippen LogP contribution in [0.25, 0.3) is 0 Å². The topological polar surface area (TPSA) is 21.6 Å². The van der Waals surface area contributed by atoms with Crippen molar-refractivity contribution in [3.8, 4) is 0 Å². The molecule has 3 rings (SSSR count). The molecule has 0 saturated carbocycles. The molecule has 0 N–H and O–H groups in total. The van der Waals surface area contributed by atoms with Crippen LogP contribution in [0, 0.1) is 0 Å². The normalized spacial score (nSPS) is 21.4. The van der Waals surface area contributed by atoms with Crippen LogP contribution >= 0.6 is 15.9 Å². The molecule has 0 aromatic heterocycles. The molecule has 20 heavy (non-hydrogen) atoms. The van der Waals surface area contributed by atoms with Crippen molar-refractivity contribution in [2.75, 3.05) is 11.9 Å². The molecule has 2 aromatic carbocycles. The van der Waals surface area contributed by atoms with Crippen molar-refractivity contribution in [2.45, 2.75) is 12.0 Å². The fraction of sp³-hybridized carbons (Fsp3) is 0.235. The van der Waals surface area contributed by atoms with Crippen LogP contribution in [0.4, 0.5) is 0 Å². The highest BCUT2D eigenvalue weighted by Crippen LogP contribution is 2.36. The Kier molecular flexibility index (Phi) is 3.88. The molecule has 0 aliphatic carbocycles. The molecule has 0 saturated heterocycles. The minimum absolute atomic E-state index is 0.337. The molecular weight excluding hydrogens is 314 g/mol. The maximum Gasteiger partial charge on any atom is 0.217 e. The first-order valence-corrected chi connectivity index (χ1v) is 7.87. The van der Waals surface area contributed by atoms with Gasteiger partial charge in [-0.15, -0.1) is 0 Å². The lowest BCUT2D eigenvalue weighted by atomic mass is 9.91. The van der Waals surface area contributed by atoms with Gasteiger partial charge < -0.3 is 4.74 Å². The van der Waals surface area contributed by atoms with Crippen LogP contribution in [-0.2, 0) is 10.3 Å². The fourth-order valence-electron chi connectivity index (χ4n) is 2.50. The Morgan fingerprint density at radius 2 is 1.65 bits per heavy atom. The Morgan fingerprint density at radius 1 is 1.00 bits per heavy atom. The zero-order valence-electron chi connectivity index (χ0n) is 11.1. The lowest BCUT2D eigenvalue weighted by Gasteiger charge is -2.28. The van der Waals surface area contributed by atoms with E-state index in [2.05, 4.69) is 45.2 Å². The summed E-state index contributed by atoms with van der Waals surface area (Å²) >= 11 is 3.54. The third-order valence-electron chi connectivity index (χ3n) is 3.59. The third kappa shape index (κ3) is 2.50. The molecular formula is C17H16BrNO. The van der Waals surface area contributed by atoms with Gasteiger partial charge in [0, 0.05) is 17.3 Å². The SMILES string of the molecule is BrCCC1(c2ccccc2)CN=C(c2ccccc2)O1. The Hall–Kier alpha value is -1.61.